The number of anilines is 1. The first kappa shape index (κ1) is 25.5. The maximum Gasteiger partial charge on any atom is 0.271 e. The molecule has 2 aromatic heterocycles. The number of nitrogens with zero attached hydrogens (tertiary/aromatic N) is 3. The number of hydrogen-bond acceptors (Lipinski definition) is 6. The van der Waals surface area contributed by atoms with Gasteiger partial charge in [0.1, 0.15) is 17.3 Å². The standard InChI is InChI=1S/C27H24ClFN6O3/c28-21-9-8-17(25-22(29)7-4-10-31-25)13-20(21)26(36)33-24-14-23(34-35(24)18-5-2-1-3-6-18)27(37)32-16-19-15-30-11-12-38-19/h1-10,13-14,19,30H,11-12,15-16H2,(H,32,37)(H,33,36). The Morgan fingerprint density at radius 1 is 1.11 bits per heavy atom. The number of ether oxygens (including phenoxy) is 1. The summed E-state index contributed by atoms with van der Waals surface area (Å²) in [5, 5.41) is 13.4. The van der Waals surface area contributed by atoms with Crippen LogP contribution in [0.15, 0.2) is 72.9 Å². The Hall–Kier alpha value is -4.12. The van der Waals surface area contributed by atoms with Gasteiger partial charge in [0.05, 0.1) is 29.0 Å². The van der Waals surface area contributed by atoms with Crippen LogP contribution in [0.4, 0.5) is 10.2 Å². The van der Waals surface area contributed by atoms with Crippen molar-refractivity contribution in [2.24, 2.45) is 0 Å². The van der Waals surface area contributed by atoms with E-state index in [-0.39, 0.29) is 33.9 Å². The van der Waals surface area contributed by atoms with Crippen molar-refractivity contribution in [3.8, 4) is 16.9 Å². The molecule has 3 N–H and O–H groups in total. The Bertz CT molecular complexity index is 1460. The second-order valence-electron chi connectivity index (χ2n) is 8.55. The maximum absolute atomic E-state index is 14.3. The zero-order valence-electron chi connectivity index (χ0n) is 20.2. The quantitative estimate of drug-likeness (QED) is 0.333. The number of halogens is 2. The SMILES string of the molecule is O=C(NCC1CNCCO1)c1cc(NC(=O)c2cc(-c3ncccc3F)ccc2Cl)n(-c2ccccc2)n1. The maximum atomic E-state index is 14.3. The predicted octanol–water partition coefficient (Wildman–Crippen LogP) is 3.70. The summed E-state index contributed by atoms with van der Waals surface area (Å²) in [7, 11) is 0. The lowest BCUT2D eigenvalue weighted by Gasteiger charge is -2.23. The van der Waals surface area contributed by atoms with Crippen LogP contribution in [-0.2, 0) is 4.74 Å². The van der Waals surface area contributed by atoms with E-state index in [0.717, 1.165) is 6.54 Å². The monoisotopic (exact) mass is 534 g/mol. The number of amides is 2. The normalized spacial score (nSPS) is 15.2. The van der Waals surface area contributed by atoms with Gasteiger partial charge >= 0.3 is 0 Å². The smallest absolute Gasteiger partial charge is 0.271 e. The molecule has 1 aliphatic rings. The number of carbonyl (C=O) groups is 2. The van der Waals surface area contributed by atoms with E-state index in [2.05, 4.69) is 26.0 Å². The topological polar surface area (TPSA) is 110 Å². The third kappa shape index (κ3) is 5.72. The van der Waals surface area contributed by atoms with Crippen molar-refractivity contribution in [1.29, 1.82) is 0 Å². The van der Waals surface area contributed by atoms with Crippen LogP contribution in [0, 0.1) is 5.82 Å². The lowest BCUT2D eigenvalue weighted by molar-refractivity contribution is 0.0286. The van der Waals surface area contributed by atoms with Crippen molar-refractivity contribution in [1.82, 2.24) is 25.4 Å². The first-order chi connectivity index (χ1) is 18.5. The van der Waals surface area contributed by atoms with Gasteiger partial charge in [-0.2, -0.15) is 5.10 Å². The molecule has 0 saturated carbocycles. The molecule has 1 atom stereocenters. The Labute approximate surface area is 223 Å². The van der Waals surface area contributed by atoms with Crippen LogP contribution in [0.1, 0.15) is 20.8 Å². The molecule has 0 radical (unpaired) electrons. The van der Waals surface area contributed by atoms with Gasteiger partial charge in [-0.05, 0) is 36.4 Å². The molecule has 5 rings (SSSR count). The Balaban J connectivity index is 1.41. The summed E-state index contributed by atoms with van der Waals surface area (Å²) in [5.41, 5.74) is 1.36. The molecule has 0 bridgehead atoms. The van der Waals surface area contributed by atoms with Crippen molar-refractivity contribution in [2.45, 2.75) is 6.10 Å². The number of hydrogen-bond donors (Lipinski definition) is 3. The number of para-hydroxylation sites is 1. The summed E-state index contributed by atoms with van der Waals surface area (Å²) >= 11 is 6.33. The molecule has 2 aromatic carbocycles. The zero-order valence-corrected chi connectivity index (χ0v) is 20.9. The van der Waals surface area contributed by atoms with Crippen LogP contribution in [0.5, 0.6) is 0 Å². The summed E-state index contributed by atoms with van der Waals surface area (Å²) in [4.78, 5) is 30.3. The van der Waals surface area contributed by atoms with Crippen molar-refractivity contribution >= 4 is 29.2 Å². The number of carbonyl (C=O) groups excluding carboxylic acids is 2. The molecule has 4 aromatic rings. The van der Waals surface area contributed by atoms with Crippen LogP contribution in [0.3, 0.4) is 0 Å². The Morgan fingerprint density at radius 3 is 2.71 bits per heavy atom. The number of aromatic nitrogens is 3. The predicted molar refractivity (Wildman–Crippen MR) is 141 cm³/mol. The van der Waals surface area contributed by atoms with Gasteiger partial charge in [-0.25, -0.2) is 9.07 Å². The van der Waals surface area contributed by atoms with Crippen LogP contribution in [0.2, 0.25) is 5.02 Å². The number of benzene rings is 2. The second kappa shape index (κ2) is 11.5. The molecular weight excluding hydrogens is 511 g/mol. The lowest BCUT2D eigenvalue weighted by atomic mass is 10.1. The third-order valence-corrected chi connectivity index (χ3v) is 6.25. The molecule has 0 spiro atoms. The highest BCUT2D eigenvalue weighted by molar-refractivity contribution is 6.34. The van der Waals surface area contributed by atoms with Crippen LogP contribution >= 0.6 is 11.6 Å². The van der Waals surface area contributed by atoms with E-state index in [1.165, 1.54) is 41.2 Å². The average Bonchev–Trinajstić information content (AvgIpc) is 3.37. The highest BCUT2D eigenvalue weighted by Crippen LogP contribution is 2.27. The van der Waals surface area contributed by atoms with Gasteiger partial charge in [0, 0.05) is 37.5 Å². The van der Waals surface area contributed by atoms with Crippen LogP contribution in [0.25, 0.3) is 16.9 Å². The number of pyridine rings is 1. The number of nitrogens with one attached hydrogen (secondary N) is 3. The van der Waals surface area contributed by atoms with Gasteiger partial charge in [-0.3, -0.25) is 14.6 Å². The average molecular weight is 535 g/mol. The van der Waals surface area contributed by atoms with Crippen molar-refractivity contribution in [3.63, 3.8) is 0 Å². The molecular formula is C27H24ClFN6O3. The number of morpholine rings is 1. The van der Waals surface area contributed by atoms with E-state index in [1.54, 1.807) is 18.2 Å². The summed E-state index contributed by atoms with van der Waals surface area (Å²) in [5.74, 6) is -1.23. The third-order valence-electron chi connectivity index (χ3n) is 5.92. The second-order valence-corrected chi connectivity index (χ2v) is 8.96. The minimum absolute atomic E-state index is 0.101. The van der Waals surface area contributed by atoms with Crippen LogP contribution in [-0.4, -0.2) is 58.9 Å². The number of rotatable bonds is 7. The molecule has 9 nitrogen and oxygen atoms in total. The largest absolute Gasteiger partial charge is 0.374 e. The van der Waals surface area contributed by atoms with Gasteiger partial charge in [0.2, 0.25) is 0 Å². The molecule has 1 fully saturated rings. The van der Waals surface area contributed by atoms with E-state index in [0.29, 0.717) is 30.9 Å². The fourth-order valence-electron chi connectivity index (χ4n) is 4.02. The summed E-state index contributed by atoms with van der Waals surface area (Å²) in [6.45, 7) is 2.31. The van der Waals surface area contributed by atoms with Gasteiger partial charge < -0.3 is 20.7 Å². The van der Waals surface area contributed by atoms with Crippen LogP contribution < -0.4 is 16.0 Å². The zero-order chi connectivity index (χ0) is 26.5. The van der Waals surface area contributed by atoms with Gasteiger partial charge in [0.15, 0.2) is 5.69 Å². The molecule has 194 valence electrons. The molecule has 1 saturated heterocycles. The molecule has 0 aliphatic carbocycles. The highest BCUT2D eigenvalue weighted by atomic mass is 35.5. The van der Waals surface area contributed by atoms with E-state index in [1.807, 2.05) is 18.2 Å². The van der Waals surface area contributed by atoms with Crippen molar-refractivity contribution < 1.29 is 18.7 Å². The van der Waals surface area contributed by atoms with Crippen molar-refractivity contribution in [2.75, 3.05) is 31.6 Å². The van der Waals surface area contributed by atoms with E-state index >= 15 is 0 Å². The molecule has 1 aliphatic heterocycles. The first-order valence-electron chi connectivity index (χ1n) is 12.0. The summed E-state index contributed by atoms with van der Waals surface area (Å²) in [6, 6.07) is 17.9. The highest BCUT2D eigenvalue weighted by Gasteiger charge is 2.21. The fourth-order valence-corrected chi connectivity index (χ4v) is 4.23. The van der Waals surface area contributed by atoms with E-state index < -0.39 is 17.6 Å². The van der Waals surface area contributed by atoms with E-state index in [4.69, 9.17) is 16.3 Å². The Kier molecular flexibility index (Phi) is 7.73. The van der Waals surface area contributed by atoms with Gasteiger partial charge in [0.25, 0.3) is 11.8 Å². The summed E-state index contributed by atoms with van der Waals surface area (Å²) < 4.78 is 21.4. The summed E-state index contributed by atoms with van der Waals surface area (Å²) in [6.07, 6.45) is 1.33. The van der Waals surface area contributed by atoms with E-state index in [9.17, 15) is 14.0 Å². The fraction of sp³-hybridized carbons (Fsp3) is 0.185. The molecule has 11 heteroatoms. The van der Waals surface area contributed by atoms with Crippen molar-refractivity contribution in [3.05, 3.63) is 95.0 Å². The Morgan fingerprint density at radius 2 is 1.95 bits per heavy atom. The molecule has 1 unspecified atom stereocenters. The van der Waals surface area contributed by atoms with Gasteiger partial charge in [-0.15, -0.1) is 0 Å². The first-order valence-corrected chi connectivity index (χ1v) is 12.3. The minimum Gasteiger partial charge on any atom is -0.374 e. The minimum atomic E-state index is -0.557. The molecule has 38 heavy (non-hydrogen) atoms. The van der Waals surface area contributed by atoms with Gasteiger partial charge in [-0.1, -0.05) is 35.9 Å². The molecule has 2 amide bonds. The molecule has 3 heterocycles. The lowest BCUT2D eigenvalue weighted by Crippen LogP contribution is -2.45.